The molecule has 2 aromatic rings. The molecule has 1 aliphatic heterocycles. The molecule has 0 aliphatic carbocycles. The predicted molar refractivity (Wildman–Crippen MR) is 81.9 cm³/mol. The van der Waals surface area contributed by atoms with Crippen LogP contribution in [0, 0.1) is 0 Å². The number of carbonyl (C=O) groups is 3. The molecule has 2 amide bonds. The fourth-order valence-corrected chi connectivity index (χ4v) is 2.66. The largest absolute Gasteiger partial charge is 0.507 e. The summed E-state index contributed by atoms with van der Waals surface area (Å²) in [4.78, 5) is 33.8. The number of carboxylic acids is 1. The lowest BCUT2D eigenvalue weighted by molar-refractivity contribution is -0.115. The number of nitrogens with one attached hydrogen (secondary N) is 1. The Morgan fingerprint density at radius 2 is 2.00 bits per heavy atom. The van der Waals surface area contributed by atoms with Crippen molar-refractivity contribution >= 4 is 35.0 Å². The average Bonchev–Trinajstić information content (AvgIpc) is 3.06. The summed E-state index contributed by atoms with van der Waals surface area (Å²) >= 11 is 0.773. The minimum absolute atomic E-state index is 0.216. The van der Waals surface area contributed by atoms with Crippen molar-refractivity contribution in [2.24, 2.45) is 0 Å². The van der Waals surface area contributed by atoms with Gasteiger partial charge in [-0.25, -0.2) is 4.79 Å². The summed E-state index contributed by atoms with van der Waals surface area (Å²) in [5, 5.41) is 20.2. The summed E-state index contributed by atoms with van der Waals surface area (Å²) in [7, 11) is 0. The Kier molecular flexibility index (Phi) is 3.67. The molecule has 1 aliphatic rings. The fraction of sp³-hybridized carbons (Fsp3) is 0. The van der Waals surface area contributed by atoms with E-state index < -0.39 is 17.1 Å². The van der Waals surface area contributed by atoms with Gasteiger partial charge in [0, 0.05) is 11.6 Å². The number of carboxylic acid groups (broad SMARTS) is 1. The van der Waals surface area contributed by atoms with Crippen LogP contribution in [0.2, 0.25) is 0 Å². The number of amides is 2. The molecule has 7 nitrogen and oxygen atoms in total. The SMILES string of the molecule is O=C1NC(=O)/C(=C\c2ccc(-c3ccc(O)c(C(=O)O)c3)o2)S1. The van der Waals surface area contributed by atoms with Gasteiger partial charge in [-0.3, -0.25) is 14.9 Å². The quantitative estimate of drug-likeness (QED) is 0.740. The highest BCUT2D eigenvalue weighted by Crippen LogP contribution is 2.30. The number of imide groups is 1. The highest BCUT2D eigenvalue weighted by molar-refractivity contribution is 8.18. The number of phenols is 1. The summed E-state index contributed by atoms with van der Waals surface area (Å²) in [6.07, 6.45) is 1.42. The van der Waals surface area contributed by atoms with Crippen molar-refractivity contribution in [3.63, 3.8) is 0 Å². The molecular weight excluding hydrogens is 322 g/mol. The minimum Gasteiger partial charge on any atom is -0.507 e. The first-order chi connectivity index (χ1) is 10.9. The fourth-order valence-electron chi connectivity index (χ4n) is 2.00. The van der Waals surface area contributed by atoms with Gasteiger partial charge in [0.05, 0.1) is 4.91 Å². The van der Waals surface area contributed by atoms with E-state index >= 15 is 0 Å². The third-order valence-corrected chi connectivity index (χ3v) is 3.86. The van der Waals surface area contributed by atoms with E-state index in [2.05, 4.69) is 5.32 Å². The van der Waals surface area contributed by atoms with Gasteiger partial charge in [0.15, 0.2) is 0 Å². The molecular formula is C15H9NO6S. The van der Waals surface area contributed by atoms with Gasteiger partial charge < -0.3 is 14.6 Å². The molecule has 1 aromatic heterocycles. The molecule has 1 saturated heterocycles. The molecule has 2 heterocycles. The molecule has 0 unspecified atom stereocenters. The zero-order valence-electron chi connectivity index (χ0n) is 11.4. The maximum atomic E-state index is 11.5. The van der Waals surface area contributed by atoms with E-state index in [0.29, 0.717) is 17.1 Å². The summed E-state index contributed by atoms with van der Waals surface area (Å²) in [5.74, 6) is -1.37. The third-order valence-electron chi connectivity index (χ3n) is 3.05. The highest BCUT2D eigenvalue weighted by Gasteiger charge is 2.25. The molecule has 1 aromatic carbocycles. The van der Waals surface area contributed by atoms with Gasteiger partial charge >= 0.3 is 5.97 Å². The van der Waals surface area contributed by atoms with E-state index in [0.717, 1.165) is 11.8 Å². The number of hydrogen-bond acceptors (Lipinski definition) is 6. The summed E-state index contributed by atoms with van der Waals surface area (Å²) < 4.78 is 5.53. The number of rotatable bonds is 3. The van der Waals surface area contributed by atoms with E-state index in [4.69, 9.17) is 9.52 Å². The van der Waals surface area contributed by atoms with Crippen molar-refractivity contribution in [3.05, 3.63) is 46.6 Å². The number of aromatic carboxylic acids is 1. The molecule has 0 bridgehead atoms. The minimum atomic E-state index is -1.25. The maximum Gasteiger partial charge on any atom is 0.339 e. The number of benzene rings is 1. The van der Waals surface area contributed by atoms with Crippen molar-refractivity contribution < 1.29 is 29.0 Å². The molecule has 116 valence electrons. The highest BCUT2D eigenvalue weighted by atomic mass is 32.2. The molecule has 0 radical (unpaired) electrons. The van der Waals surface area contributed by atoms with Crippen LogP contribution in [0.1, 0.15) is 16.1 Å². The first-order valence-electron chi connectivity index (χ1n) is 6.35. The summed E-state index contributed by atoms with van der Waals surface area (Å²) in [6.45, 7) is 0. The normalized spacial score (nSPS) is 15.9. The third kappa shape index (κ3) is 2.97. The monoisotopic (exact) mass is 331 g/mol. The molecule has 3 N–H and O–H groups in total. The Labute approximate surface area is 133 Å². The molecule has 3 rings (SSSR count). The maximum absolute atomic E-state index is 11.5. The number of hydrogen-bond donors (Lipinski definition) is 3. The van der Waals surface area contributed by atoms with E-state index in [1.165, 1.54) is 24.3 Å². The Morgan fingerprint density at radius 1 is 1.22 bits per heavy atom. The van der Waals surface area contributed by atoms with Crippen molar-refractivity contribution in [2.45, 2.75) is 0 Å². The van der Waals surface area contributed by atoms with Gasteiger partial charge in [-0.1, -0.05) is 0 Å². The molecule has 0 saturated carbocycles. The van der Waals surface area contributed by atoms with E-state index in [1.807, 2.05) is 0 Å². The van der Waals surface area contributed by atoms with Crippen LogP contribution in [-0.4, -0.2) is 27.3 Å². The lowest BCUT2D eigenvalue weighted by Gasteiger charge is -2.02. The first-order valence-corrected chi connectivity index (χ1v) is 7.17. The summed E-state index contributed by atoms with van der Waals surface area (Å²) in [6, 6.07) is 7.25. The Bertz CT molecular complexity index is 867. The number of furan rings is 1. The van der Waals surface area contributed by atoms with Crippen molar-refractivity contribution in [2.75, 3.05) is 0 Å². The van der Waals surface area contributed by atoms with Crippen molar-refractivity contribution in [3.8, 4) is 17.1 Å². The topological polar surface area (TPSA) is 117 Å². The zero-order valence-corrected chi connectivity index (χ0v) is 12.2. The molecule has 8 heteroatoms. The van der Waals surface area contributed by atoms with E-state index in [1.54, 1.807) is 12.1 Å². The van der Waals surface area contributed by atoms with E-state index in [-0.39, 0.29) is 16.2 Å². The van der Waals surface area contributed by atoms with Gasteiger partial charge in [0.1, 0.15) is 22.8 Å². The Morgan fingerprint density at radius 3 is 2.65 bits per heavy atom. The van der Waals surface area contributed by atoms with Crippen molar-refractivity contribution in [1.82, 2.24) is 5.32 Å². The standard InChI is InChI=1S/C15H9NO6S/c17-10-3-1-7(5-9(10)14(19)20)11-4-2-8(22-11)6-12-13(18)16-15(21)23-12/h1-6,17H,(H,19,20)(H,16,18,21)/b12-6+. The van der Waals surface area contributed by atoms with Crippen LogP contribution in [0.25, 0.3) is 17.4 Å². The average molecular weight is 331 g/mol. The Hall–Kier alpha value is -3.00. The van der Waals surface area contributed by atoms with Crippen LogP contribution in [0.3, 0.4) is 0 Å². The van der Waals surface area contributed by atoms with Crippen LogP contribution in [0.5, 0.6) is 5.75 Å². The van der Waals surface area contributed by atoms with Crippen LogP contribution < -0.4 is 5.32 Å². The second-order valence-corrected chi connectivity index (χ2v) is 5.61. The number of aromatic hydroxyl groups is 1. The molecule has 23 heavy (non-hydrogen) atoms. The zero-order chi connectivity index (χ0) is 16.6. The van der Waals surface area contributed by atoms with Crippen LogP contribution in [0.15, 0.2) is 39.7 Å². The van der Waals surface area contributed by atoms with Crippen molar-refractivity contribution in [1.29, 1.82) is 0 Å². The van der Waals surface area contributed by atoms with Gasteiger partial charge in [0.2, 0.25) is 0 Å². The molecule has 0 spiro atoms. The predicted octanol–water partition coefficient (Wildman–Crippen LogP) is 2.67. The van der Waals surface area contributed by atoms with Gasteiger partial charge in [-0.15, -0.1) is 0 Å². The first kappa shape index (κ1) is 14.9. The lowest BCUT2D eigenvalue weighted by atomic mass is 10.1. The molecule has 0 atom stereocenters. The van der Waals surface area contributed by atoms with Gasteiger partial charge in [-0.2, -0.15) is 0 Å². The summed E-state index contributed by atoms with van der Waals surface area (Å²) in [5.41, 5.74) is 0.222. The van der Waals surface area contributed by atoms with Crippen LogP contribution in [-0.2, 0) is 4.79 Å². The Balaban J connectivity index is 1.92. The number of carbonyl (C=O) groups excluding carboxylic acids is 2. The lowest BCUT2D eigenvalue weighted by Crippen LogP contribution is -2.17. The van der Waals surface area contributed by atoms with E-state index in [9.17, 15) is 19.5 Å². The second kappa shape index (κ2) is 5.65. The second-order valence-electron chi connectivity index (χ2n) is 4.59. The van der Waals surface area contributed by atoms with Gasteiger partial charge in [-0.05, 0) is 42.1 Å². The number of thioether (sulfide) groups is 1. The molecule has 1 fully saturated rings. The van der Waals surface area contributed by atoms with Crippen LogP contribution >= 0.6 is 11.8 Å². The van der Waals surface area contributed by atoms with Crippen LogP contribution in [0.4, 0.5) is 4.79 Å². The van der Waals surface area contributed by atoms with Gasteiger partial charge in [0.25, 0.3) is 11.1 Å². The smallest absolute Gasteiger partial charge is 0.339 e.